The Kier molecular flexibility index (Phi) is 3.15. The molecule has 1 amide bonds. The lowest BCUT2D eigenvalue weighted by atomic mass is 9.87. The molecular formula is C10H14ClNO. The molecule has 0 spiro atoms. The fourth-order valence-corrected chi connectivity index (χ4v) is 1.47. The van der Waals surface area contributed by atoms with Crippen LogP contribution in [0.5, 0.6) is 0 Å². The molecule has 0 aliphatic heterocycles. The largest absolute Gasteiger partial charge is 0.346 e. The molecule has 0 saturated heterocycles. The highest BCUT2D eigenvalue weighted by Gasteiger charge is 2.26. The minimum Gasteiger partial charge on any atom is -0.346 e. The predicted octanol–water partition coefficient (Wildman–Crippen LogP) is 2.35. The summed E-state index contributed by atoms with van der Waals surface area (Å²) < 4.78 is 0. The fourth-order valence-electron chi connectivity index (χ4n) is 1.42. The number of nitrogens with one attached hydrogen (secondary N) is 1. The Balaban J connectivity index is 2.56. The molecule has 1 rings (SSSR count). The molecule has 2 nitrogen and oxygen atoms in total. The summed E-state index contributed by atoms with van der Waals surface area (Å²) >= 11 is 5.48. The summed E-state index contributed by atoms with van der Waals surface area (Å²) in [6.45, 7) is 5.41. The third-order valence-corrected chi connectivity index (χ3v) is 2.43. The highest BCUT2D eigenvalue weighted by Crippen LogP contribution is 2.23. The smallest absolute Gasteiger partial charge is 0.262 e. The first-order valence-electron chi connectivity index (χ1n) is 4.35. The molecule has 0 aromatic carbocycles. The second-order valence-corrected chi connectivity index (χ2v) is 4.09. The first-order valence-corrected chi connectivity index (χ1v) is 4.73. The van der Waals surface area contributed by atoms with E-state index in [4.69, 9.17) is 11.6 Å². The maximum Gasteiger partial charge on any atom is 0.262 e. The van der Waals surface area contributed by atoms with Crippen molar-refractivity contribution in [3.05, 3.63) is 23.8 Å². The van der Waals surface area contributed by atoms with Crippen LogP contribution >= 0.6 is 11.6 Å². The Hall–Kier alpha value is -0.760. The quantitative estimate of drug-likeness (QED) is 0.537. The Morgan fingerprint density at radius 1 is 1.62 bits per heavy atom. The van der Waals surface area contributed by atoms with Crippen LogP contribution in [0.1, 0.15) is 26.2 Å². The molecule has 0 fully saturated rings. The van der Waals surface area contributed by atoms with Crippen LogP contribution in [-0.2, 0) is 4.79 Å². The monoisotopic (exact) mass is 199 g/mol. The minimum atomic E-state index is -0.264. The van der Waals surface area contributed by atoms with Gasteiger partial charge in [0.05, 0.1) is 5.03 Å². The fraction of sp³-hybridized carbons (Fsp3) is 0.500. The Morgan fingerprint density at radius 2 is 2.31 bits per heavy atom. The van der Waals surface area contributed by atoms with Crippen LogP contribution in [0.25, 0.3) is 0 Å². The Bertz CT molecular complexity index is 260. The van der Waals surface area contributed by atoms with Gasteiger partial charge in [-0.25, -0.2) is 0 Å². The van der Waals surface area contributed by atoms with E-state index in [1.54, 1.807) is 0 Å². The summed E-state index contributed by atoms with van der Waals surface area (Å²) in [6.07, 6.45) is 7.04. The first-order chi connectivity index (χ1) is 6.03. The van der Waals surface area contributed by atoms with E-state index < -0.39 is 0 Å². The van der Waals surface area contributed by atoms with Crippen LogP contribution in [0.2, 0.25) is 0 Å². The van der Waals surface area contributed by atoms with Gasteiger partial charge in [-0.15, -0.1) is 0 Å². The van der Waals surface area contributed by atoms with Crippen LogP contribution in [0.4, 0.5) is 0 Å². The van der Waals surface area contributed by atoms with E-state index >= 15 is 0 Å². The van der Waals surface area contributed by atoms with Crippen LogP contribution in [0.15, 0.2) is 23.8 Å². The summed E-state index contributed by atoms with van der Waals surface area (Å²) in [4.78, 5) is 11.2. The normalized spacial score (nSPS) is 26.9. The van der Waals surface area contributed by atoms with Gasteiger partial charge in [-0.1, -0.05) is 30.3 Å². The highest BCUT2D eigenvalue weighted by atomic mass is 35.5. The molecule has 0 aromatic heterocycles. The van der Waals surface area contributed by atoms with Crippen molar-refractivity contribution in [3.63, 3.8) is 0 Å². The molecule has 1 atom stereocenters. The van der Waals surface area contributed by atoms with Crippen molar-refractivity contribution in [1.82, 2.24) is 5.32 Å². The van der Waals surface area contributed by atoms with Gasteiger partial charge in [0.1, 0.15) is 0 Å². The predicted molar refractivity (Wildman–Crippen MR) is 54.5 cm³/mol. The van der Waals surface area contributed by atoms with Gasteiger partial charge in [-0.3, -0.25) is 4.79 Å². The number of hydrogen-bond donors (Lipinski definition) is 1. The molecule has 1 unspecified atom stereocenters. The molecule has 0 bridgehead atoms. The molecule has 3 heteroatoms. The van der Waals surface area contributed by atoms with E-state index in [-0.39, 0.29) is 16.5 Å². The Labute approximate surface area is 83.7 Å². The lowest BCUT2D eigenvalue weighted by Crippen LogP contribution is -2.46. The van der Waals surface area contributed by atoms with Gasteiger partial charge in [0.2, 0.25) is 0 Å². The highest BCUT2D eigenvalue weighted by molar-refractivity contribution is 6.41. The number of carbonyl (C=O) groups is 1. The number of halogens is 1. The molecule has 13 heavy (non-hydrogen) atoms. The summed E-state index contributed by atoms with van der Waals surface area (Å²) in [5.74, 6) is -0.264. The zero-order chi connectivity index (χ0) is 9.90. The summed E-state index contributed by atoms with van der Waals surface area (Å²) in [5.41, 5.74) is -0.149. The standard InChI is InChI=1S/C10H14ClNO/c1-8(11)9(13)12-10(2)6-4-3-5-7-10/h3-4H,1,5-7H2,2H3,(H,12,13). The van der Waals surface area contributed by atoms with E-state index in [0.717, 1.165) is 19.3 Å². The second kappa shape index (κ2) is 3.97. The maximum absolute atomic E-state index is 11.2. The van der Waals surface area contributed by atoms with Crippen LogP contribution in [0.3, 0.4) is 0 Å². The second-order valence-electron chi connectivity index (χ2n) is 3.63. The van der Waals surface area contributed by atoms with E-state index in [1.165, 1.54) is 0 Å². The van der Waals surface area contributed by atoms with E-state index in [0.29, 0.717) is 0 Å². The lowest BCUT2D eigenvalue weighted by Gasteiger charge is -2.31. The molecule has 72 valence electrons. The molecule has 1 aliphatic carbocycles. The number of allylic oxidation sites excluding steroid dienone is 1. The summed E-state index contributed by atoms with van der Waals surface area (Å²) in [7, 11) is 0. The van der Waals surface area contributed by atoms with Crippen LogP contribution in [0, 0.1) is 0 Å². The topological polar surface area (TPSA) is 29.1 Å². The molecule has 1 N–H and O–H groups in total. The third kappa shape index (κ3) is 2.88. The van der Waals surface area contributed by atoms with Crippen molar-refractivity contribution in [3.8, 4) is 0 Å². The first kappa shape index (κ1) is 10.3. The van der Waals surface area contributed by atoms with Crippen molar-refractivity contribution < 1.29 is 4.79 Å². The van der Waals surface area contributed by atoms with Crippen molar-refractivity contribution in [2.24, 2.45) is 0 Å². The minimum absolute atomic E-state index is 0.0516. The number of carbonyl (C=O) groups excluding carboxylic acids is 1. The number of amides is 1. The molecule has 1 aliphatic rings. The Morgan fingerprint density at radius 3 is 2.77 bits per heavy atom. The molecule has 0 heterocycles. The zero-order valence-corrected chi connectivity index (χ0v) is 8.53. The maximum atomic E-state index is 11.2. The lowest BCUT2D eigenvalue weighted by molar-refractivity contribution is -0.118. The van der Waals surface area contributed by atoms with Crippen molar-refractivity contribution >= 4 is 17.5 Å². The van der Waals surface area contributed by atoms with E-state index in [2.05, 4.69) is 24.0 Å². The van der Waals surface area contributed by atoms with Crippen molar-refractivity contribution in [2.75, 3.05) is 0 Å². The van der Waals surface area contributed by atoms with Gasteiger partial charge in [-0.05, 0) is 26.2 Å². The van der Waals surface area contributed by atoms with Crippen molar-refractivity contribution in [2.45, 2.75) is 31.7 Å². The third-order valence-electron chi connectivity index (χ3n) is 2.26. The van der Waals surface area contributed by atoms with Gasteiger partial charge >= 0.3 is 0 Å². The van der Waals surface area contributed by atoms with Gasteiger partial charge in [-0.2, -0.15) is 0 Å². The average molecular weight is 200 g/mol. The zero-order valence-electron chi connectivity index (χ0n) is 7.77. The number of hydrogen-bond acceptors (Lipinski definition) is 1. The van der Waals surface area contributed by atoms with Crippen molar-refractivity contribution in [1.29, 1.82) is 0 Å². The van der Waals surface area contributed by atoms with Crippen LogP contribution < -0.4 is 5.32 Å². The average Bonchev–Trinajstić information content (AvgIpc) is 2.04. The summed E-state index contributed by atoms with van der Waals surface area (Å²) in [6, 6.07) is 0. The molecule has 0 aromatic rings. The van der Waals surface area contributed by atoms with Gasteiger partial charge < -0.3 is 5.32 Å². The number of rotatable bonds is 2. The van der Waals surface area contributed by atoms with E-state index in [1.807, 2.05) is 6.92 Å². The molecule has 0 radical (unpaired) electrons. The van der Waals surface area contributed by atoms with Gasteiger partial charge in [0.25, 0.3) is 5.91 Å². The van der Waals surface area contributed by atoms with E-state index in [9.17, 15) is 4.79 Å². The van der Waals surface area contributed by atoms with Gasteiger partial charge in [0.15, 0.2) is 0 Å². The van der Waals surface area contributed by atoms with Gasteiger partial charge in [0, 0.05) is 5.54 Å². The van der Waals surface area contributed by atoms with Crippen LogP contribution in [-0.4, -0.2) is 11.4 Å². The molecular weight excluding hydrogens is 186 g/mol. The SMILES string of the molecule is C=C(Cl)C(=O)NC1(C)CC=CCC1. The molecule has 0 saturated carbocycles. The summed E-state index contributed by atoms with van der Waals surface area (Å²) in [5, 5.41) is 2.92.